The van der Waals surface area contributed by atoms with E-state index in [1.807, 2.05) is 30.3 Å². The van der Waals surface area contributed by atoms with Crippen molar-refractivity contribution in [2.75, 3.05) is 6.54 Å². The molecule has 0 saturated carbocycles. The molecule has 0 fully saturated rings. The third-order valence-corrected chi connectivity index (χ3v) is 2.33. The molecule has 1 heterocycles. The van der Waals surface area contributed by atoms with Crippen LogP contribution in [-0.4, -0.2) is 11.7 Å². The number of hydroxylamine groups is 1. The molecule has 4 nitrogen and oxygen atoms in total. The molecule has 2 aromatic rings. The Morgan fingerprint density at radius 3 is 2.71 bits per heavy atom. The molecule has 1 aromatic carbocycles. The summed E-state index contributed by atoms with van der Waals surface area (Å²) >= 11 is 0. The van der Waals surface area contributed by atoms with Gasteiger partial charge in [-0.25, -0.2) is 0 Å². The zero-order valence-corrected chi connectivity index (χ0v) is 9.37. The average molecular weight is 233 g/mol. The van der Waals surface area contributed by atoms with Crippen LogP contribution in [0.2, 0.25) is 0 Å². The Morgan fingerprint density at radius 2 is 2.00 bits per heavy atom. The summed E-state index contributed by atoms with van der Waals surface area (Å²) in [6, 6.07) is 13.3. The summed E-state index contributed by atoms with van der Waals surface area (Å²) in [5, 5.41) is 9.67. The minimum absolute atomic E-state index is 0.292. The SMILES string of the molecule is OC(CNOCc1ccccc1)c1ccco1. The maximum absolute atomic E-state index is 9.67. The van der Waals surface area contributed by atoms with Gasteiger partial charge in [0.2, 0.25) is 0 Å². The van der Waals surface area contributed by atoms with Gasteiger partial charge in [-0.3, -0.25) is 4.84 Å². The molecule has 0 amide bonds. The van der Waals surface area contributed by atoms with Gasteiger partial charge in [-0.1, -0.05) is 30.3 Å². The van der Waals surface area contributed by atoms with Gasteiger partial charge < -0.3 is 9.52 Å². The summed E-state index contributed by atoms with van der Waals surface area (Å²) in [7, 11) is 0. The number of furan rings is 1. The molecule has 1 unspecified atom stereocenters. The van der Waals surface area contributed by atoms with Gasteiger partial charge in [-0.2, -0.15) is 5.48 Å². The Bertz CT molecular complexity index is 413. The van der Waals surface area contributed by atoms with Gasteiger partial charge in [-0.05, 0) is 17.7 Å². The molecule has 1 aromatic heterocycles. The van der Waals surface area contributed by atoms with Gasteiger partial charge in [0.05, 0.1) is 19.4 Å². The highest BCUT2D eigenvalue weighted by Crippen LogP contribution is 2.11. The highest BCUT2D eigenvalue weighted by molar-refractivity contribution is 5.13. The number of hydrogen-bond acceptors (Lipinski definition) is 4. The number of rotatable bonds is 6. The maximum atomic E-state index is 9.67. The molecule has 0 aliphatic carbocycles. The van der Waals surface area contributed by atoms with Crippen molar-refractivity contribution in [3.05, 3.63) is 60.1 Å². The van der Waals surface area contributed by atoms with Crippen LogP contribution in [-0.2, 0) is 11.4 Å². The Hall–Kier alpha value is -1.62. The van der Waals surface area contributed by atoms with Gasteiger partial charge in [0.1, 0.15) is 11.9 Å². The van der Waals surface area contributed by atoms with Crippen LogP contribution >= 0.6 is 0 Å². The lowest BCUT2D eigenvalue weighted by atomic mass is 10.2. The molecule has 0 aliphatic heterocycles. The number of hydrogen-bond donors (Lipinski definition) is 2. The van der Waals surface area contributed by atoms with E-state index in [-0.39, 0.29) is 0 Å². The van der Waals surface area contributed by atoms with Crippen molar-refractivity contribution >= 4 is 0 Å². The van der Waals surface area contributed by atoms with E-state index >= 15 is 0 Å². The highest BCUT2D eigenvalue weighted by atomic mass is 16.6. The lowest BCUT2D eigenvalue weighted by Crippen LogP contribution is -2.21. The maximum Gasteiger partial charge on any atom is 0.133 e. The van der Waals surface area contributed by atoms with Gasteiger partial charge in [-0.15, -0.1) is 0 Å². The van der Waals surface area contributed by atoms with Crippen LogP contribution in [0.1, 0.15) is 17.4 Å². The summed E-state index contributed by atoms with van der Waals surface area (Å²) < 4.78 is 5.07. The average Bonchev–Trinajstić information content (AvgIpc) is 2.89. The smallest absolute Gasteiger partial charge is 0.133 e. The molecule has 2 N–H and O–H groups in total. The van der Waals surface area contributed by atoms with Crippen molar-refractivity contribution in [3.63, 3.8) is 0 Å². The third kappa shape index (κ3) is 3.71. The minimum Gasteiger partial charge on any atom is -0.467 e. The first-order valence-electron chi connectivity index (χ1n) is 5.46. The molecule has 4 heteroatoms. The summed E-state index contributed by atoms with van der Waals surface area (Å²) in [6.45, 7) is 0.756. The van der Waals surface area contributed by atoms with Crippen molar-refractivity contribution in [1.82, 2.24) is 5.48 Å². The third-order valence-electron chi connectivity index (χ3n) is 2.33. The van der Waals surface area contributed by atoms with Crippen molar-refractivity contribution in [2.45, 2.75) is 12.7 Å². The van der Waals surface area contributed by atoms with Crippen molar-refractivity contribution < 1.29 is 14.4 Å². The lowest BCUT2D eigenvalue weighted by Gasteiger charge is -2.09. The van der Waals surface area contributed by atoms with Crippen LogP contribution in [0.15, 0.2) is 53.1 Å². The van der Waals surface area contributed by atoms with E-state index in [4.69, 9.17) is 9.25 Å². The zero-order valence-electron chi connectivity index (χ0n) is 9.37. The fraction of sp³-hybridized carbons (Fsp3) is 0.231. The molecule has 17 heavy (non-hydrogen) atoms. The molecule has 2 rings (SSSR count). The summed E-state index contributed by atoms with van der Waals surface area (Å²) in [5.74, 6) is 0.529. The fourth-order valence-electron chi connectivity index (χ4n) is 1.43. The first-order valence-corrected chi connectivity index (χ1v) is 5.46. The predicted octanol–water partition coefficient (Wildman–Crippen LogP) is 2.03. The topological polar surface area (TPSA) is 54.6 Å². The van der Waals surface area contributed by atoms with Crippen molar-refractivity contribution in [3.8, 4) is 0 Å². The van der Waals surface area contributed by atoms with E-state index in [9.17, 15) is 5.11 Å². The molecule has 90 valence electrons. The van der Waals surface area contributed by atoms with Crippen LogP contribution < -0.4 is 5.48 Å². The second-order valence-electron chi connectivity index (χ2n) is 3.65. The monoisotopic (exact) mass is 233 g/mol. The molecule has 0 aliphatic rings. The molecule has 1 atom stereocenters. The number of aliphatic hydroxyl groups is 1. The molecule has 0 radical (unpaired) electrons. The summed E-state index contributed by atoms with van der Waals surface area (Å²) in [5.41, 5.74) is 3.79. The number of aliphatic hydroxyl groups excluding tert-OH is 1. The van der Waals surface area contributed by atoms with E-state index in [0.717, 1.165) is 5.56 Å². The summed E-state index contributed by atoms with van der Waals surface area (Å²) in [6.07, 6.45) is 0.837. The first kappa shape index (κ1) is 11.9. The van der Waals surface area contributed by atoms with Gasteiger partial charge >= 0.3 is 0 Å². The van der Waals surface area contributed by atoms with Gasteiger partial charge in [0.25, 0.3) is 0 Å². The standard InChI is InChI=1S/C13H15NO3/c15-12(13-7-4-8-16-13)9-14-17-10-11-5-2-1-3-6-11/h1-8,12,14-15H,9-10H2. The Morgan fingerprint density at radius 1 is 1.18 bits per heavy atom. The highest BCUT2D eigenvalue weighted by Gasteiger charge is 2.09. The Labute approximate surface area is 99.8 Å². The molecule has 0 saturated heterocycles. The first-order chi connectivity index (χ1) is 8.36. The van der Waals surface area contributed by atoms with Gasteiger partial charge in [0.15, 0.2) is 0 Å². The summed E-state index contributed by atoms with van der Waals surface area (Å²) in [4.78, 5) is 5.24. The molecule has 0 spiro atoms. The quantitative estimate of drug-likeness (QED) is 0.592. The normalized spacial score (nSPS) is 12.5. The molecular formula is C13H15NO3. The lowest BCUT2D eigenvalue weighted by molar-refractivity contribution is -0.00127. The van der Waals surface area contributed by atoms with Crippen LogP contribution in [0.4, 0.5) is 0 Å². The Balaban J connectivity index is 1.67. The molecular weight excluding hydrogens is 218 g/mol. The zero-order chi connectivity index (χ0) is 11.9. The van der Waals surface area contributed by atoms with Gasteiger partial charge in [0, 0.05) is 0 Å². The van der Waals surface area contributed by atoms with E-state index < -0.39 is 6.10 Å². The van der Waals surface area contributed by atoms with Crippen LogP contribution in [0.5, 0.6) is 0 Å². The van der Waals surface area contributed by atoms with E-state index in [0.29, 0.717) is 18.9 Å². The van der Waals surface area contributed by atoms with Crippen LogP contribution in [0, 0.1) is 0 Å². The van der Waals surface area contributed by atoms with E-state index in [1.54, 1.807) is 12.1 Å². The second kappa shape index (κ2) is 6.20. The fourth-order valence-corrected chi connectivity index (χ4v) is 1.43. The van der Waals surface area contributed by atoms with Crippen LogP contribution in [0.25, 0.3) is 0 Å². The second-order valence-corrected chi connectivity index (χ2v) is 3.65. The number of nitrogens with one attached hydrogen (secondary N) is 1. The number of benzene rings is 1. The van der Waals surface area contributed by atoms with E-state index in [1.165, 1.54) is 6.26 Å². The van der Waals surface area contributed by atoms with Crippen LogP contribution in [0.3, 0.4) is 0 Å². The van der Waals surface area contributed by atoms with Crippen molar-refractivity contribution in [1.29, 1.82) is 0 Å². The molecule has 0 bridgehead atoms. The largest absolute Gasteiger partial charge is 0.467 e. The minimum atomic E-state index is -0.694. The Kier molecular flexibility index (Phi) is 4.32. The predicted molar refractivity (Wildman–Crippen MR) is 62.9 cm³/mol. The van der Waals surface area contributed by atoms with E-state index in [2.05, 4.69) is 5.48 Å². The van der Waals surface area contributed by atoms with Crippen molar-refractivity contribution in [2.24, 2.45) is 0 Å².